The number of hydrogen-bond donors (Lipinski definition) is 2. The molecule has 2 aliphatic rings. The van der Waals surface area contributed by atoms with E-state index in [9.17, 15) is 0 Å². The molecule has 0 aliphatic carbocycles. The minimum atomic E-state index is 0.695. The standard InChI is InChI=1S/C11H23N3/c12-9-10-3-5-13-11(10)4-8-14-6-1-2-7-14/h10-11,13H,1-9,12H2. The molecule has 0 radical (unpaired) electrons. The second-order valence-electron chi connectivity index (χ2n) is 4.68. The van der Waals surface area contributed by atoms with Crippen molar-refractivity contribution in [3.05, 3.63) is 0 Å². The molecule has 2 heterocycles. The molecule has 2 saturated heterocycles. The highest BCUT2D eigenvalue weighted by Gasteiger charge is 2.25. The fourth-order valence-corrected chi connectivity index (χ4v) is 2.77. The predicted molar refractivity (Wildman–Crippen MR) is 59.2 cm³/mol. The highest BCUT2D eigenvalue weighted by molar-refractivity contribution is 4.85. The van der Waals surface area contributed by atoms with Gasteiger partial charge in [-0.25, -0.2) is 0 Å². The monoisotopic (exact) mass is 197 g/mol. The summed E-state index contributed by atoms with van der Waals surface area (Å²) >= 11 is 0. The van der Waals surface area contributed by atoms with Crippen LogP contribution >= 0.6 is 0 Å². The molecule has 0 aromatic carbocycles. The molecule has 3 nitrogen and oxygen atoms in total. The van der Waals surface area contributed by atoms with Crippen molar-refractivity contribution in [2.75, 3.05) is 32.7 Å². The number of nitrogens with zero attached hydrogens (tertiary/aromatic N) is 1. The third-order valence-corrected chi connectivity index (χ3v) is 3.75. The smallest absolute Gasteiger partial charge is 0.0120 e. The van der Waals surface area contributed by atoms with Gasteiger partial charge in [-0.2, -0.15) is 0 Å². The Morgan fingerprint density at radius 3 is 2.79 bits per heavy atom. The number of hydrogen-bond acceptors (Lipinski definition) is 3. The molecule has 3 heteroatoms. The first-order valence-electron chi connectivity index (χ1n) is 6.06. The summed E-state index contributed by atoms with van der Waals surface area (Å²) in [5, 5.41) is 3.57. The van der Waals surface area contributed by atoms with Crippen LogP contribution < -0.4 is 11.1 Å². The van der Waals surface area contributed by atoms with Crippen LogP contribution in [0.3, 0.4) is 0 Å². The van der Waals surface area contributed by atoms with Gasteiger partial charge >= 0.3 is 0 Å². The van der Waals surface area contributed by atoms with Crippen LogP contribution in [0.15, 0.2) is 0 Å². The summed E-state index contributed by atoms with van der Waals surface area (Å²) in [6.45, 7) is 5.94. The first kappa shape index (κ1) is 10.4. The van der Waals surface area contributed by atoms with E-state index in [2.05, 4.69) is 10.2 Å². The van der Waals surface area contributed by atoms with Gasteiger partial charge < -0.3 is 16.0 Å². The lowest BCUT2D eigenvalue weighted by Gasteiger charge is -2.21. The van der Waals surface area contributed by atoms with E-state index in [1.807, 2.05) is 0 Å². The summed E-state index contributed by atoms with van der Waals surface area (Å²) in [5.41, 5.74) is 5.75. The van der Waals surface area contributed by atoms with Crippen LogP contribution in [0.2, 0.25) is 0 Å². The maximum absolute atomic E-state index is 5.75. The Labute approximate surface area is 87.0 Å². The van der Waals surface area contributed by atoms with E-state index >= 15 is 0 Å². The molecule has 0 aromatic rings. The van der Waals surface area contributed by atoms with Crippen molar-refractivity contribution in [3.63, 3.8) is 0 Å². The van der Waals surface area contributed by atoms with Crippen LogP contribution in [0.1, 0.15) is 25.7 Å². The van der Waals surface area contributed by atoms with E-state index in [-0.39, 0.29) is 0 Å². The number of rotatable bonds is 4. The number of likely N-dealkylation sites (tertiary alicyclic amines) is 1. The van der Waals surface area contributed by atoms with Gasteiger partial charge in [-0.05, 0) is 64.3 Å². The van der Waals surface area contributed by atoms with Crippen molar-refractivity contribution in [2.45, 2.75) is 31.7 Å². The molecule has 0 aromatic heterocycles. The third kappa shape index (κ3) is 2.47. The molecule has 0 bridgehead atoms. The van der Waals surface area contributed by atoms with Crippen molar-refractivity contribution in [1.29, 1.82) is 0 Å². The molecule has 2 fully saturated rings. The molecule has 0 spiro atoms. The zero-order chi connectivity index (χ0) is 9.80. The first-order chi connectivity index (χ1) is 6.90. The number of nitrogens with one attached hydrogen (secondary N) is 1. The van der Waals surface area contributed by atoms with Gasteiger partial charge in [0.05, 0.1) is 0 Å². The fraction of sp³-hybridized carbons (Fsp3) is 1.00. The molecule has 14 heavy (non-hydrogen) atoms. The van der Waals surface area contributed by atoms with E-state index in [0.29, 0.717) is 6.04 Å². The molecule has 2 atom stereocenters. The topological polar surface area (TPSA) is 41.3 Å². The molecule has 3 N–H and O–H groups in total. The van der Waals surface area contributed by atoms with Gasteiger partial charge in [-0.15, -0.1) is 0 Å². The Kier molecular flexibility index (Phi) is 3.79. The first-order valence-corrected chi connectivity index (χ1v) is 6.06. The van der Waals surface area contributed by atoms with Crippen LogP contribution in [-0.4, -0.2) is 43.7 Å². The van der Waals surface area contributed by atoms with Crippen molar-refractivity contribution in [1.82, 2.24) is 10.2 Å². The lowest BCUT2D eigenvalue weighted by molar-refractivity contribution is 0.299. The van der Waals surface area contributed by atoms with Crippen molar-refractivity contribution >= 4 is 0 Å². The third-order valence-electron chi connectivity index (χ3n) is 3.75. The Bertz CT molecular complexity index is 166. The highest BCUT2D eigenvalue weighted by atomic mass is 15.1. The van der Waals surface area contributed by atoms with Gasteiger partial charge in [0.15, 0.2) is 0 Å². The SMILES string of the molecule is NCC1CCNC1CCN1CCCC1. The summed E-state index contributed by atoms with van der Waals surface area (Å²) in [4.78, 5) is 2.59. The van der Waals surface area contributed by atoms with Crippen molar-refractivity contribution in [2.24, 2.45) is 11.7 Å². The summed E-state index contributed by atoms with van der Waals surface area (Å²) in [7, 11) is 0. The summed E-state index contributed by atoms with van der Waals surface area (Å²) < 4.78 is 0. The molecular weight excluding hydrogens is 174 g/mol. The quantitative estimate of drug-likeness (QED) is 0.686. The molecule has 2 unspecified atom stereocenters. The van der Waals surface area contributed by atoms with Crippen LogP contribution in [-0.2, 0) is 0 Å². The lowest BCUT2D eigenvalue weighted by atomic mass is 9.98. The second kappa shape index (κ2) is 5.10. The molecule has 82 valence electrons. The Hall–Kier alpha value is -0.120. The summed E-state index contributed by atoms with van der Waals surface area (Å²) in [6, 6.07) is 0.695. The second-order valence-corrected chi connectivity index (χ2v) is 4.68. The van der Waals surface area contributed by atoms with Gasteiger partial charge in [-0.1, -0.05) is 0 Å². The Morgan fingerprint density at radius 1 is 1.29 bits per heavy atom. The van der Waals surface area contributed by atoms with Crippen LogP contribution in [0.5, 0.6) is 0 Å². The average Bonchev–Trinajstić information content (AvgIpc) is 2.85. The largest absolute Gasteiger partial charge is 0.330 e. The van der Waals surface area contributed by atoms with Gasteiger partial charge in [0.25, 0.3) is 0 Å². The summed E-state index contributed by atoms with van der Waals surface area (Å²) in [5.74, 6) is 0.734. The van der Waals surface area contributed by atoms with E-state index < -0.39 is 0 Å². The van der Waals surface area contributed by atoms with Gasteiger partial charge in [0, 0.05) is 6.04 Å². The van der Waals surface area contributed by atoms with E-state index in [1.54, 1.807) is 0 Å². The zero-order valence-corrected chi connectivity index (χ0v) is 9.04. The molecule has 2 rings (SSSR count). The van der Waals surface area contributed by atoms with Gasteiger partial charge in [0.2, 0.25) is 0 Å². The number of nitrogens with two attached hydrogens (primary N) is 1. The van der Waals surface area contributed by atoms with E-state index in [1.165, 1.54) is 51.9 Å². The van der Waals surface area contributed by atoms with Crippen molar-refractivity contribution < 1.29 is 0 Å². The lowest BCUT2D eigenvalue weighted by Crippen LogP contribution is -2.35. The van der Waals surface area contributed by atoms with E-state index in [0.717, 1.165) is 12.5 Å². The highest BCUT2D eigenvalue weighted by Crippen LogP contribution is 2.18. The van der Waals surface area contributed by atoms with Gasteiger partial charge in [-0.3, -0.25) is 0 Å². The van der Waals surface area contributed by atoms with Crippen LogP contribution in [0.25, 0.3) is 0 Å². The minimum Gasteiger partial charge on any atom is -0.330 e. The maximum Gasteiger partial charge on any atom is 0.0120 e. The minimum absolute atomic E-state index is 0.695. The molecular formula is C11H23N3. The van der Waals surface area contributed by atoms with Gasteiger partial charge in [0.1, 0.15) is 0 Å². The fourth-order valence-electron chi connectivity index (χ4n) is 2.77. The Morgan fingerprint density at radius 2 is 2.07 bits per heavy atom. The van der Waals surface area contributed by atoms with Crippen LogP contribution in [0, 0.1) is 5.92 Å². The average molecular weight is 197 g/mol. The predicted octanol–water partition coefficient (Wildman–Crippen LogP) is 0.409. The normalized spacial score (nSPS) is 34.1. The van der Waals surface area contributed by atoms with E-state index in [4.69, 9.17) is 5.73 Å². The molecule has 0 amide bonds. The van der Waals surface area contributed by atoms with Crippen molar-refractivity contribution in [3.8, 4) is 0 Å². The van der Waals surface area contributed by atoms with Crippen LogP contribution in [0.4, 0.5) is 0 Å². The maximum atomic E-state index is 5.75. The summed E-state index contributed by atoms with van der Waals surface area (Å²) in [6.07, 6.45) is 5.37. The Balaban J connectivity index is 1.68. The molecule has 2 aliphatic heterocycles. The zero-order valence-electron chi connectivity index (χ0n) is 9.04. The molecule has 0 saturated carbocycles.